The van der Waals surface area contributed by atoms with Gasteiger partial charge in [0.1, 0.15) is 0 Å². The maximum atomic E-state index is 3.64. The lowest BCUT2D eigenvalue weighted by atomic mass is 10.3. The molecule has 1 atom stereocenters. The Balaban J connectivity index is 0.000000810. The molecule has 54 valence electrons. The first-order valence-corrected chi connectivity index (χ1v) is 3.23. The lowest BCUT2D eigenvalue weighted by Gasteiger charge is -1.86. The summed E-state index contributed by atoms with van der Waals surface area (Å²) in [5, 5.41) is 0. The van der Waals surface area contributed by atoms with Gasteiger partial charge in [0.25, 0.3) is 0 Å². The summed E-state index contributed by atoms with van der Waals surface area (Å²) in [6, 6.07) is 4.00. The average Bonchev–Trinajstić information content (AvgIpc) is 1.90. The minimum absolute atomic E-state index is 0. The Kier molecular flexibility index (Phi) is 3.90. The topological polar surface area (TPSA) is 3.88 Å². The van der Waals surface area contributed by atoms with Crippen LogP contribution in [0, 0.1) is 0 Å². The fourth-order valence-corrected chi connectivity index (χ4v) is 0.758. The molecule has 0 saturated heterocycles. The van der Waals surface area contributed by atoms with Crippen molar-refractivity contribution < 1.29 is 4.34 Å². The molecule has 0 aliphatic rings. The normalized spacial score (nSPS) is 8.10. The standard InChI is InChI=1S/C7H9NP.CH4/c1-2-7-3-5-8(9)6-4-7;/h2-6H,1,9H2;1H4/q+1;. The van der Waals surface area contributed by atoms with Gasteiger partial charge >= 0.3 is 0 Å². The van der Waals surface area contributed by atoms with Crippen molar-refractivity contribution in [2.24, 2.45) is 0 Å². The predicted octanol–water partition coefficient (Wildman–Crippen LogP) is 1.89. The first-order valence-electron chi connectivity index (χ1n) is 2.72. The molecule has 10 heavy (non-hydrogen) atoms. The van der Waals surface area contributed by atoms with Gasteiger partial charge in [0.05, 0.1) is 0 Å². The highest BCUT2D eigenvalue weighted by molar-refractivity contribution is 7.07. The van der Waals surface area contributed by atoms with Gasteiger partial charge < -0.3 is 0 Å². The van der Waals surface area contributed by atoms with E-state index in [1.165, 1.54) is 0 Å². The molecule has 0 aliphatic carbocycles. The monoisotopic (exact) mass is 154 g/mol. The van der Waals surface area contributed by atoms with Crippen LogP contribution in [0.15, 0.2) is 31.1 Å². The summed E-state index contributed by atoms with van der Waals surface area (Å²) in [6.07, 6.45) is 5.74. The highest BCUT2D eigenvalue weighted by Crippen LogP contribution is 1.95. The zero-order valence-corrected chi connectivity index (χ0v) is 6.27. The second kappa shape index (κ2) is 4.19. The van der Waals surface area contributed by atoms with Crippen molar-refractivity contribution in [2.75, 3.05) is 0 Å². The highest BCUT2D eigenvalue weighted by atomic mass is 31.0. The van der Waals surface area contributed by atoms with Crippen LogP contribution in [0.4, 0.5) is 0 Å². The van der Waals surface area contributed by atoms with Crippen LogP contribution >= 0.6 is 9.39 Å². The van der Waals surface area contributed by atoms with Crippen LogP contribution in [-0.4, -0.2) is 0 Å². The van der Waals surface area contributed by atoms with Gasteiger partial charge in [0, 0.05) is 12.1 Å². The Morgan fingerprint density at radius 1 is 1.40 bits per heavy atom. The maximum Gasteiger partial charge on any atom is 0.170 e. The summed E-state index contributed by atoms with van der Waals surface area (Å²) in [6.45, 7) is 3.64. The fraction of sp³-hybridized carbons (Fsp3) is 0.125. The van der Waals surface area contributed by atoms with Gasteiger partial charge in [-0.1, -0.05) is 20.1 Å². The molecule has 0 aliphatic heterocycles. The Bertz CT molecular complexity index is 203. The summed E-state index contributed by atoms with van der Waals surface area (Å²) in [4.78, 5) is 0. The molecule has 0 radical (unpaired) electrons. The largest absolute Gasteiger partial charge is 0.195 e. The van der Waals surface area contributed by atoms with Crippen LogP contribution in [0.5, 0.6) is 0 Å². The maximum absolute atomic E-state index is 3.64. The summed E-state index contributed by atoms with van der Waals surface area (Å²) in [5.41, 5.74) is 1.15. The zero-order valence-electron chi connectivity index (χ0n) is 5.12. The molecule has 0 spiro atoms. The van der Waals surface area contributed by atoms with Crippen LogP contribution in [0.2, 0.25) is 0 Å². The van der Waals surface area contributed by atoms with Gasteiger partial charge in [0.15, 0.2) is 21.8 Å². The van der Waals surface area contributed by atoms with Crippen molar-refractivity contribution >= 4 is 15.5 Å². The first-order chi connectivity index (χ1) is 4.33. The van der Waals surface area contributed by atoms with Crippen molar-refractivity contribution in [3.05, 3.63) is 36.7 Å². The molecular formula is C8H13NP+. The van der Waals surface area contributed by atoms with Crippen molar-refractivity contribution in [3.8, 4) is 0 Å². The minimum Gasteiger partial charge on any atom is -0.195 e. The van der Waals surface area contributed by atoms with E-state index in [2.05, 4.69) is 16.0 Å². The van der Waals surface area contributed by atoms with Gasteiger partial charge in [-0.15, -0.1) is 0 Å². The van der Waals surface area contributed by atoms with Gasteiger partial charge in [0.2, 0.25) is 0 Å². The van der Waals surface area contributed by atoms with E-state index >= 15 is 0 Å². The molecule has 1 aromatic rings. The number of hydrogen-bond donors (Lipinski definition) is 0. The number of aromatic nitrogens is 1. The Hall–Kier alpha value is -0.680. The summed E-state index contributed by atoms with van der Waals surface area (Å²) < 4.78 is 1.91. The smallest absolute Gasteiger partial charge is 0.170 e. The van der Waals surface area contributed by atoms with Gasteiger partial charge in [-0.2, -0.15) is 4.34 Å². The van der Waals surface area contributed by atoms with E-state index in [1.54, 1.807) is 0 Å². The van der Waals surface area contributed by atoms with E-state index in [1.807, 2.05) is 34.9 Å². The van der Waals surface area contributed by atoms with E-state index < -0.39 is 0 Å². The van der Waals surface area contributed by atoms with E-state index in [0.717, 1.165) is 5.56 Å². The fourth-order valence-electron chi connectivity index (χ4n) is 0.586. The van der Waals surface area contributed by atoms with Gasteiger partial charge in [-0.05, 0) is 5.56 Å². The van der Waals surface area contributed by atoms with Crippen molar-refractivity contribution in [3.63, 3.8) is 0 Å². The van der Waals surface area contributed by atoms with E-state index in [0.29, 0.717) is 0 Å². The second-order valence-electron chi connectivity index (χ2n) is 1.78. The molecule has 0 aromatic carbocycles. The third-order valence-electron chi connectivity index (χ3n) is 1.11. The second-order valence-corrected chi connectivity index (χ2v) is 2.38. The minimum atomic E-state index is 0. The Morgan fingerprint density at radius 3 is 2.30 bits per heavy atom. The van der Waals surface area contributed by atoms with Crippen LogP contribution in [0.1, 0.15) is 13.0 Å². The summed E-state index contributed by atoms with van der Waals surface area (Å²) >= 11 is 0. The van der Waals surface area contributed by atoms with E-state index in [9.17, 15) is 0 Å². The Morgan fingerprint density at radius 2 is 1.90 bits per heavy atom. The average molecular weight is 154 g/mol. The van der Waals surface area contributed by atoms with Gasteiger partial charge in [-0.3, -0.25) is 0 Å². The molecule has 1 rings (SSSR count). The molecule has 1 nitrogen and oxygen atoms in total. The van der Waals surface area contributed by atoms with Crippen molar-refractivity contribution in [1.29, 1.82) is 0 Å². The van der Waals surface area contributed by atoms with E-state index in [-0.39, 0.29) is 7.43 Å². The lowest BCUT2D eigenvalue weighted by Crippen LogP contribution is -2.15. The number of rotatable bonds is 1. The molecule has 1 aromatic heterocycles. The lowest BCUT2D eigenvalue weighted by molar-refractivity contribution is -0.499. The SMILES string of the molecule is C.C=Cc1cc[n+](P)cc1. The number of nitrogens with zero attached hydrogens (tertiary/aromatic N) is 1. The quantitative estimate of drug-likeness (QED) is 0.544. The third-order valence-corrected chi connectivity index (χ3v) is 1.46. The molecule has 0 amide bonds. The van der Waals surface area contributed by atoms with Gasteiger partial charge in [-0.25, -0.2) is 0 Å². The summed E-state index contributed by atoms with van der Waals surface area (Å²) in [5.74, 6) is 0. The van der Waals surface area contributed by atoms with Crippen LogP contribution < -0.4 is 4.34 Å². The van der Waals surface area contributed by atoms with Crippen molar-refractivity contribution in [2.45, 2.75) is 7.43 Å². The molecular weight excluding hydrogens is 141 g/mol. The number of hydrogen-bond acceptors (Lipinski definition) is 0. The van der Waals surface area contributed by atoms with Crippen LogP contribution in [0.3, 0.4) is 0 Å². The molecule has 1 unspecified atom stereocenters. The predicted molar refractivity (Wildman–Crippen MR) is 48.6 cm³/mol. The summed E-state index contributed by atoms with van der Waals surface area (Å²) in [7, 11) is 2.55. The molecule has 2 heteroatoms. The molecule has 0 bridgehead atoms. The van der Waals surface area contributed by atoms with Crippen LogP contribution in [0.25, 0.3) is 6.08 Å². The van der Waals surface area contributed by atoms with E-state index in [4.69, 9.17) is 0 Å². The first kappa shape index (κ1) is 9.32. The molecule has 0 fully saturated rings. The third kappa shape index (κ3) is 2.28. The zero-order chi connectivity index (χ0) is 6.69. The van der Waals surface area contributed by atoms with Crippen LogP contribution in [-0.2, 0) is 0 Å². The molecule has 0 N–H and O–H groups in total. The molecule has 1 heterocycles. The highest BCUT2D eigenvalue weighted by Gasteiger charge is 1.88. The van der Waals surface area contributed by atoms with Crippen molar-refractivity contribution in [1.82, 2.24) is 0 Å². The molecule has 0 saturated carbocycles. The number of pyridine rings is 1. The Labute approximate surface area is 64.7 Å².